The topological polar surface area (TPSA) is 134 Å². The highest BCUT2D eigenvalue weighted by Crippen LogP contribution is 2.27. The molecular formula is C23H37F4NO10S. The van der Waals surface area contributed by atoms with Crippen LogP contribution in [0, 0.1) is 0 Å². The van der Waals surface area contributed by atoms with Gasteiger partial charge in [-0.25, -0.2) is 0 Å². The lowest BCUT2D eigenvalue weighted by Gasteiger charge is -2.24. The Morgan fingerprint density at radius 2 is 1.44 bits per heavy atom. The van der Waals surface area contributed by atoms with Crippen LogP contribution in [0.15, 0.2) is 17.5 Å². The van der Waals surface area contributed by atoms with Crippen LogP contribution in [0.5, 0.6) is 0 Å². The predicted molar refractivity (Wildman–Crippen MR) is 130 cm³/mol. The van der Waals surface area contributed by atoms with E-state index in [9.17, 15) is 32.6 Å². The van der Waals surface area contributed by atoms with E-state index in [-0.39, 0.29) is 45.5 Å². The Hall–Kier alpha value is -1.47. The minimum atomic E-state index is -4.34. The van der Waals surface area contributed by atoms with Crippen molar-refractivity contribution in [3.05, 3.63) is 22.4 Å². The lowest BCUT2D eigenvalue weighted by atomic mass is 10.3. The van der Waals surface area contributed by atoms with Crippen LogP contribution in [0.25, 0.3) is 0 Å². The van der Waals surface area contributed by atoms with Gasteiger partial charge in [-0.3, -0.25) is 9.53 Å². The van der Waals surface area contributed by atoms with E-state index in [0.717, 1.165) is 4.88 Å². The zero-order valence-corrected chi connectivity index (χ0v) is 22.5. The van der Waals surface area contributed by atoms with Crippen molar-refractivity contribution in [2.24, 2.45) is 0 Å². The summed E-state index contributed by atoms with van der Waals surface area (Å²) in [6.07, 6.45) is -10.2. The number of ether oxygens (including phenoxy) is 7. The van der Waals surface area contributed by atoms with Crippen molar-refractivity contribution < 1.29 is 65.7 Å². The second-order valence-corrected chi connectivity index (χ2v) is 9.14. The summed E-state index contributed by atoms with van der Waals surface area (Å²) in [5, 5.41) is 23.8. The number of carbonyl (C=O) groups is 1. The second kappa shape index (κ2) is 20.4. The van der Waals surface area contributed by atoms with Gasteiger partial charge in [0.05, 0.1) is 52.9 Å². The number of aliphatic hydroxyl groups excluding tert-OH is 2. The number of amides is 1. The van der Waals surface area contributed by atoms with E-state index in [0.29, 0.717) is 19.6 Å². The van der Waals surface area contributed by atoms with Crippen molar-refractivity contribution in [1.82, 2.24) is 5.32 Å². The van der Waals surface area contributed by atoms with Crippen LogP contribution < -0.4 is 5.32 Å². The molecule has 0 aromatic carbocycles. The molecule has 1 aromatic heterocycles. The summed E-state index contributed by atoms with van der Waals surface area (Å²) in [7, 11) is 0. The first-order chi connectivity index (χ1) is 18.5. The van der Waals surface area contributed by atoms with Crippen LogP contribution in [-0.2, 0) is 44.4 Å². The maximum Gasteiger partial charge on any atom is 0.383 e. The maximum absolute atomic E-state index is 13.7. The number of aliphatic hydroxyl groups is 2. The van der Waals surface area contributed by atoms with Gasteiger partial charge in [0, 0.05) is 24.8 Å². The standard InChI is InChI=1S/C23H37F4NO10S/c1-18(29)28-5-7-33-12-19(30)13-34-8-9-35-17-37-16-23(26,27)38-22(24,25)15-36-14-20(31)11-32-6-4-21-3-2-10-39-21/h2-3,10,19-20,30-31H,4-9,11-17H2,1H3,(H,28,29). The summed E-state index contributed by atoms with van der Waals surface area (Å²) in [5.74, 6) is -0.194. The molecule has 1 rings (SSSR count). The molecule has 0 radical (unpaired) electrons. The van der Waals surface area contributed by atoms with E-state index >= 15 is 0 Å². The Morgan fingerprint density at radius 1 is 0.872 bits per heavy atom. The van der Waals surface area contributed by atoms with Gasteiger partial charge in [-0.05, 0) is 11.4 Å². The average molecular weight is 596 g/mol. The Kier molecular flexibility index (Phi) is 18.6. The van der Waals surface area contributed by atoms with Crippen molar-refractivity contribution in [1.29, 1.82) is 0 Å². The Morgan fingerprint density at radius 3 is 2.05 bits per heavy atom. The molecule has 0 aliphatic carbocycles. The highest BCUT2D eigenvalue weighted by atomic mass is 32.1. The Labute approximate surface area is 228 Å². The van der Waals surface area contributed by atoms with Crippen molar-refractivity contribution in [2.45, 2.75) is 37.8 Å². The molecule has 39 heavy (non-hydrogen) atoms. The molecule has 1 heterocycles. The van der Waals surface area contributed by atoms with Crippen molar-refractivity contribution >= 4 is 17.2 Å². The molecule has 0 fully saturated rings. The Bertz CT molecular complexity index is 748. The van der Waals surface area contributed by atoms with Gasteiger partial charge in [-0.2, -0.15) is 17.6 Å². The molecule has 0 aliphatic rings. The predicted octanol–water partition coefficient (Wildman–Crippen LogP) is 1.41. The molecule has 1 amide bonds. The highest BCUT2D eigenvalue weighted by molar-refractivity contribution is 7.09. The van der Waals surface area contributed by atoms with Gasteiger partial charge in [0.1, 0.15) is 32.2 Å². The number of halogens is 4. The maximum atomic E-state index is 13.7. The minimum Gasteiger partial charge on any atom is -0.388 e. The molecule has 3 N–H and O–H groups in total. The van der Waals surface area contributed by atoms with Crippen LogP contribution in [0.2, 0.25) is 0 Å². The summed E-state index contributed by atoms with van der Waals surface area (Å²) in [6.45, 7) is -2.32. The van der Waals surface area contributed by atoms with Gasteiger partial charge < -0.3 is 44.0 Å². The number of nitrogens with one attached hydrogen (secondary N) is 1. The normalized spacial score (nSPS) is 13.9. The quantitative estimate of drug-likeness (QED) is 0.0866. The molecule has 11 nitrogen and oxygen atoms in total. The molecule has 0 saturated heterocycles. The van der Waals surface area contributed by atoms with Crippen LogP contribution in [0.1, 0.15) is 11.8 Å². The molecule has 0 saturated carbocycles. The average Bonchev–Trinajstić information content (AvgIpc) is 3.36. The molecule has 0 aliphatic heterocycles. The van der Waals surface area contributed by atoms with Gasteiger partial charge in [0.2, 0.25) is 5.91 Å². The van der Waals surface area contributed by atoms with Gasteiger partial charge in [0.25, 0.3) is 0 Å². The third-order valence-electron chi connectivity index (χ3n) is 4.31. The minimum absolute atomic E-state index is 0.000140. The van der Waals surface area contributed by atoms with Gasteiger partial charge in [-0.1, -0.05) is 6.07 Å². The SMILES string of the molecule is CC(=O)NCCOCC(O)COCCOCOCC(F)(F)OC(F)(F)COCC(O)COCCc1cccs1. The first kappa shape index (κ1) is 35.6. The largest absolute Gasteiger partial charge is 0.388 e. The number of hydrogen-bond donors (Lipinski definition) is 3. The first-order valence-electron chi connectivity index (χ1n) is 12.0. The van der Waals surface area contributed by atoms with Crippen LogP contribution in [0.4, 0.5) is 17.6 Å². The lowest BCUT2D eigenvalue weighted by molar-refractivity contribution is -0.396. The van der Waals surface area contributed by atoms with Crippen LogP contribution >= 0.6 is 11.3 Å². The monoisotopic (exact) mass is 595 g/mol. The van der Waals surface area contributed by atoms with E-state index in [4.69, 9.17) is 18.9 Å². The van der Waals surface area contributed by atoms with E-state index in [1.807, 2.05) is 17.5 Å². The molecule has 228 valence electrons. The van der Waals surface area contributed by atoms with E-state index < -0.39 is 51.0 Å². The smallest absolute Gasteiger partial charge is 0.383 e. The van der Waals surface area contributed by atoms with Gasteiger partial charge >= 0.3 is 12.2 Å². The molecule has 2 atom stereocenters. The van der Waals surface area contributed by atoms with Crippen LogP contribution in [0.3, 0.4) is 0 Å². The molecular weight excluding hydrogens is 558 g/mol. The first-order valence-corrected chi connectivity index (χ1v) is 12.9. The van der Waals surface area contributed by atoms with Crippen molar-refractivity contribution in [2.75, 3.05) is 79.4 Å². The third-order valence-corrected chi connectivity index (χ3v) is 5.25. The third kappa shape index (κ3) is 21.0. The fourth-order valence-corrected chi connectivity index (χ4v) is 3.36. The van der Waals surface area contributed by atoms with Gasteiger partial charge in [-0.15, -0.1) is 11.3 Å². The Balaban J connectivity index is 2.02. The number of alkyl halides is 4. The summed E-state index contributed by atoms with van der Waals surface area (Å²) < 4.78 is 87.6. The van der Waals surface area contributed by atoms with Gasteiger partial charge in [0.15, 0.2) is 0 Å². The summed E-state index contributed by atoms with van der Waals surface area (Å²) in [5.41, 5.74) is 0. The fraction of sp³-hybridized carbons (Fsp3) is 0.783. The zero-order valence-electron chi connectivity index (χ0n) is 21.7. The highest BCUT2D eigenvalue weighted by Gasteiger charge is 2.44. The van der Waals surface area contributed by atoms with Crippen LogP contribution in [-0.4, -0.2) is 120 Å². The summed E-state index contributed by atoms with van der Waals surface area (Å²) in [4.78, 5) is 11.8. The van der Waals surface area contributed by atoms with E-state index in [1.165, 1.54) is 6.92 Å². The van der Waals surface area contributed by atoms with E-state index in [1.54, 1.807) is 11.3 Å². The number of carbonyl (C=O) groups excluding carboxylic acids is 1. The number of hydrogen-bond acceptors (Lipinski definition) is 11. The molecule has 0 spiro atoms. The summed E-state index contributed by atoms with van der Waals surface area (Å²) >= 11 is 1.55. The molecule has 1 aromatic rings. The molecule has 2 unspecified atom stereocenters. The zero-order chi connectivity index (χ0) is 29.0. The molecule has 0 bridgehead atoms. The van der Waals surface area contributed by atoms with Crippen molar-refractivity contribution in [3.8, 4) is 0 Å². The fourth-order valence-electron chi connectivity index (χ4n) is 2.67. The summed E-state index contributed by atoms with van der Waals surface area (Å²) in [6, 6.07) is 3.81. The second-order valence-electron chi connectivity index (χ2n) is 8.11. The number of rotatable bonds is 25. The van der Waals surface area contributed by atoms with Crippen molar-refractivity contribution in [3.63, 3.8) is 0 Å². The lowest BCUT2D eigenvalue weighted by Crippen LogP contribution is -2.40. The number of thiophene rings is 1. The molecule has 16 heteroatoms. The van der Waals surface area contributed by atoms with E-state index in [2.05, 4.69) is 19.5 Å².